The van der Waals surface area contributed by atoms with Crippen LogP contribution in [0.2, 0.25) is 0 Å². The Balaban J connectivity index is 1.66. The number of hydrogen-bond acceptors (Lipinski definition) is 2. The van der Waals surface area contributed by atoms with Crippen molar-refractivity contribution >= 4 is 0 Å². The predicted molar refractivity (Wildman–Crippen MR) is 85.1 cm³/mol. The first-order valence-corrected chi connectivity index (χ1v) is 8.20. The van der Waals surface area contributed by atoms with Gasteiger partial charge in [0.05, 0.1) is 0 Å². The van der Waals surface area contributed by atoms with Gasteiger partial charge in [0.25, 0.3) is 0 Å². The van der Waals surface area contributed by atoms with Gasteiger partial charge in [-0.2, -0.15) is 0 Å². The van der Waals surface area contributed by atoms with Crippen LogP contribution in [-0.2, 0) is 0 Å². The van der Waals surface area contributed by atoms with Crippen molar-refractivity contribution in [2.45, 2.75) is 52.1 Å². The number of rotatable bonds is 7. The van der Waals surface area contributed by atoms with Crippen molar-refractivity contribution < 1.29 is 4.74 Å². The van der Waals surface area contributed by atoms with Crippen molar-refractivity contribution in [1.82, 2.24) is 5.32 Å². The second-order valence-corrected chi connectivity index (χ2v) is 6.25. The van der Waals surface area contributed by atoms with Crippen LogP contribution in [0.25, 0.3) is 0 Å². The number of hydrogen-bond donors (Lipinski definition) is 1. The summed E-state index contributed by atoms with van der Waals surface area (Å²) in [6.07, 6.45) is 6.92. The molecule has 0 saturated heterocycles. The van der Waals surface area contributed by atoms with Crippen molar-refractivity contribution in [3.05, 3.63) is 30.3 Å². The largest absolute Gasteiger partial charge is 0.489 e. The SMILES string of the molecule is CCC(CNCC1CCC(C)CC1)Oc1ccccc1. The lowest BCUT2D eigenvalue weighted by molar-refractivity contribution is 0.187. The molecule has 20 heavy (non-hydrogen) atoms. The van der Waals surface area contributed by atoms with Gasteiger partial charge in [0.15, 0.2) is 0 Å². The van der Waals surface area contributed by atoms with E-state index in [1.165, 1.54) is 25.7 Å². The van der Waals surface area contributed by atoms with Crippen LogP contribution < -0.4 is 10.1 Å². The second-order valence-electron chi connectivity index (χ2n) is 6.25. The molecule has 1 unspecified atom stereocenters. The summed E-state index contributed by atoms with van der Waals surface area (Å²) in [6, 6.07) is 10.1. The molecule has 1 N–H and O–H groups in total. The zero-order chi connectivity index (χ0) is 14.2. The quantitative estimate of drug-likeness (QED) is 0.803. The van der Waals surface area contributed by atoms with Crippen LogP contribution in [0.15, 0.2) is 30.3 Å². The molecule has 0 aliphatic heterocycles. The van der Waals surface area contributed by atoms with Gasteiger partial charge >= 0.3 is 0 Å². The third kappa shape index (κ3) is 5.16. The van der Waals surface area contributed by atoms with Gasteiger partial charge in [0, 0.05) is 6.54 Å². The lowest BCUT2D eigenvalue weighted by Crippen LogP contribution is -2.34. The molecule has 1 aromatic rings. The lowest BCUT2D eigenvalue weighted by Gasteiger charge is -2.27. The van der Waals surface area contributed by atoms with Crippen LogP contribution >= 0.6 is 0 Å². The molecule has 0 heterocycles. The van der Waals surface area contributed by atoms with Gasteiger partial charge in [-0.15, -0.1) is 0 Å². The van der Waals surface area contributed by atoms with Crippen molar-refractivity contribution in [2.24, 2.45) is 11.8 Å². The minimum Gasteiger partial charge on any atom is -0.489 e. The molecule has 0 aromatic heterocycles. The van der Waals surface area contributed by atoms with E-state index in [1.807, 2.05) is 30.3 Å². The van der Waals surface area contributed by atoms with E-state index in [9.17, 15) is 0 Å². The van der Waals surface area contributed by atoms with Crippen LogP contribution in [-0.4, -0.2) is 19.2 Å². The van der Waals surface area contributed by atoms with E-state index in [1.54, 1.807) is 0 Å². The zero-order valence-electron chi connectivity index (χ0n) is 13.0. The standard InChI is InChI=1S/C18H29NO/c1-3-17(20-18-7-5-4-6-8-18)14-19-13-16-11-9-15(2)10-12-16/h4-8,15-17,19H,3,9-14H2,1-2H3. The second kappa shape index (κ2) is 8.31. The van der Waals surface area contributed by atoms with Crippen LogP contribution in [0.4, 0.5) is 0 Å². The van der Waals surface area contributed by atoms with Gasteiger partial charge in [-0.1, -0.05) is 44.9 Å². The molecule has 1 aromatic carbocycles. The highest BCUT2D eigenvalue weighted by molar-refractivity contribution is 5.21. The van der Waals surface area contributed by atoms with E-state index in [0.717, 1.165) is 37.1 Å². The van der Waals surface area contributed by atoms with Crippen LogP contribution in [0.5, 0.6) is 5.75 Å². The Morgan fingerprint density at radius 2 is 1.85 bits per heavy atom. The number of ether oxygens (including phenoxy) is 1. The molecule has 1 fully saturated rings. The molecular formula is C18H29NO. The molecule has 2 nitrogen and oxygen atoms in total. The molecule has 1 aliphatic rings. The predicted octanol–water partition coefficient (Wildman–Crippen LogP) is 4.26. The Kier molecular flexibility index (Phi) is 6.38. The molecule has 1 aliphatic carbocycles. The van der Waals surface area contributed by atoms with Crippen LogP contribution in [0.3, 0.4) is 0 Å². The van der Waals surface area contributed by atoms with E-state index in [0.29, 0.717) is 0 Å². The summed E-state index contributed by atoms with van der Waals surface area (Å²) in [4.78, 5) is 0. The Morgan fingerprint density at radius 3 is 2.50 bits per heavy atom. The van der Waals surface area contributed by atoms with Gasteiger partial charge in [0.1, 0.15) is 11.9 Å². The molecule has 0 spiro atoms. The Hall–Kier alpha value is -1.02. The third-order valence-electron chi connectivity index (χ3n) is 4.44. The fourth-order valence-electron chi connectivity index (χ4n) is 2.94. The smallest absolute Gasteiger partial charge is 0.119 e. The summed E-state index contributed by atoms with van der Waals surface area (Å²) in [5.74, 6) is 2.80. The van der Waals surface area contributed by atoms with E-state index >= 15 is 0 Å². The lowest BCUT2D eigenvalue weighted by atomic mass is 9.83. The first kappa shape index (κ1) is 15.4. The fourth-order valence-corrected chi connectivity index (χ4v) is 2.94. The van der Waals surface area contributed by atoms with Crippen molar-refractivity contribution in [1.29, 1.82) is 0 Å². The summed E-state index contributed by atoms with van der Waals surface area (Å²) in [7, 11) is 0. The first-order valence-electron chi connectivity index (χ1n) is 8.20. The minimum atomic E-state index is 0.278. The highest BCUT2D eigenvalue weighted by Gasteiger charge is 2.18. The topological polar surface area (TPSA) is 21.3 Å². The van der Waals surface area contributed by atoms with E-state index in [4.69, 9.17) is 4.74 Å². The molecule has 1 atom stereocenters. The Bertz CT molecular complexity index is 357. The van der Waals surface area contributed by atoms with Gasteiger partial charge in [-0.25, -0.2) is 0 Å². The molecule has 2 heteroatoms. The first-order chi connectivity index (χ1) is 9.78. The summed E-state index contributed by atoms with van der Waals surface area (Å²) < 4.78 is 6.01. The maximum atomic E-state index is 6.01. The van der Waals surface area contributed by atoms with Gasteiger partial charge in [-0.3, -0.25) is 0 Å². The maximum absolute atomic E-state index is 6.01. The number of nitrogens with one attached hydrogen (secondary N) is 1. The molecule has 0 amide bonds. The van der Waals surface area contributed by atoms with Gasteiger partial charge in [0.2, 0.25) is 0 Å². The summed E-state index contributed by atoms with van der Waals surface area (Å²) >= 11 is 0. The van der Waals surface area contributed by atoms with Crippen molar-refractivity contribution in [2.75, 3.05) is 13.1 Å². The summed E-state index contributed by atoms with van der Waals surface area (Å²) in [6.45, 7) is 6.68. The molecule has 0 radical (unpaired) electrons. The normalized spacial score (nSPS) is 24.3. The average Bonchev–Trinajstić information content (AvgIpc) is 2.49. The average molecular weight is 275 g/mol. The third-order valence-corrected chi connectivity index (χ3v) is 4.44. The Morgan fingerprint density at radius 1 is 1.15 bits per heavy atom. The van der Waals surface area contributed by atoms with Crippen LogP contribution in [0, 0.1) is 11.8 Å². The summed E-state index contributed by atoms with van der Waals surface area (Å²) in [5, 5.41) is 3.62. The van der Waals surface area contributed by atoms with E-state index in [2.05, 4.69) is 19.2 Å². The molecular weight excluding hydrogens is 246 g/mol. The number of para-hydroxylation sites is 1. The fraction of sp³-hybridized carbons (Fsp3) is 0.667. The summed E-state index contributed by atoms with van der Waals surface area (Å²) in [5.41, 5.74) is 0. The number of benzene rings is 1. The van der Waals surface area contributed by atoms with E-state index in [-0.39, 0.29) is 6.10 Å². The molecule has 112 valence electrons. The van der Waals surface area contributed by atoms with Crippen LogP contribution in [0.1, 0.15) is 46.0 Å². The highest BCUT2D eigenvalue weighted by atomic mass is 16.5. The Labute approximate surface area is 123 Å². The van der Waals surface area contributed by atoms with Gasteiger partial charge in [-0.05, 0) is 49.8 Å². The molecule has 0 bridgehead atoms. The molecule has 1 saturated carbocycles. The zero-order valence-corrected chi connectivity index (χ0v) is 13.0. The monoisotopic (exact) mass is 275 g/mol. The highest BCUT2D eigenvalue weighted by Crippen LogP contribution is 2.27. The van der Waals surface area contributed by atoms with E-state index < -0.39 is 0 Å². The maximum Gasteiger partial charge on any atom is 0.119 e. The van der Waals surface area contributed by atoms with Crippen molar-refractivity contribution in [3.8, 4) is 5.75 Å². The molecule has 2 rings (SSSR count). The van der Waals surface area contributed by atoms with Gasteiger partial charge < -0.3 is 10.1 Å². The minimum absolute atomic E-state index is 0.278. The van der Waals surface area contributed by atoms with Crippen molar-refractivity contribution in [3.63, 3.8) is 0 Å².